The van der Waals surface area contributed by atoms with Gasteiger partial charge in [-0.1, -0.05) is 23.7 Å². The first-order chi connectivity index (χ1) is 10.2. The molecule has 0 aliphatic carbocycles. The molecule has 1 fully saturated rings. The Morgan fingerprint density at radius 1 is 1.48 bits per heavy atom. The molecule has 0 aromatic heterocycles. The van der Waals surface area contributed by atoms with Crippen molar-refractivity contribution in [3.05, 3.63) is 29.3 Å². The highest BCUT2D eigenvalue weighted by molar-refractivity contribution is 6.33. The summed E-state index contributed by atoms with van der Waals surface area (Å²) in [5.41, 5.74) is 0.624. The molecular formula is C15H22ClN3O2. The second-order valence-corrected chi connectivity index (χ2v) is 5.55. The topological polar surface area (TPSA) is 53.6 Å². The van der Waals surface area contributed by atoms with E-state index in [9.17, 15) is 4.79 Å². The average Bonchev–Trinajstić information content (AvgIpc) is 2.93. The van der Waals surface area contributed by atoms with E-state index in [2.05, 4.69) is 15.5 Å². The highest BCUT2D eigenvalue weighted by atomic mass is 35.5. The number of hydrogen-bond donors (Lipinski definition) is 2. The van der Waals surface area contributed by atoms with Gasteiger partial charge in [0.25, 0.3) is 0 Å². The summed E-state index contributed by atoms with van der Waals surface area (Å²) in [6, 6.07) is 7.37. The molecule has 116 valence electrons. The number of carbonyl (C=O) groups is 1. The number of nitrogens with one attached hydrogen (secondary N) is 2. The van der Waals surface area contributed by atoms with Gasteiger partial charge in [-0.2, -0.15) is 0 Å². The molecule has 0 saturated carbocycles. The predicted octanol–water partition coefficient (Wildman–Crippen LogP) is 2.57. The van der Waals surface area contributed by atoms with Crippen LogP contribution in [0.15, 0.2) is 24.3 Å². The molecule has 1 aliphatic rings. The highest BCUT2D eigenvalue weighted by Gasteiger charge is 2.24. The number of nitrogens with zero attached hydrogens (tertiary/aromatic N) is 1. The van der Waals surface area contributed by atoms with E-state index in [1.54, 1.807) is 19.2 Å². The van der Waals surface area contributed by atoms with Crippen LogP contribution in [0.4, 0.5) is 10.5 Å². The van der Waals surface area contributed by atoms with Crippen LogP contribution in [0.3, 0.4) is 0 Å². The molecule has 5 nitrogen and oxygen atoms in total. The van der Waals surface area contributed by atoms with Gasteiger partial charge >= 0.3 is 6.03 Å². The Labute approximate surface area is 130 Å². The summed E-state index contributed by atoms with van der Waals surface area (Å²) in [7, 11) is 1.71. The third-order valence-corrected chi connectivity index (χ3v) is 4.03. The van der Waals surface area contributed by atoms with Crippen LogP contribution >= 0.6 is 11.6 Å². The summed E-state index contributed by atoms with van der Waals surface area (Å²) in [4.78, 5) is 14.3. The van der Waals surface area contributed by atoms with Gasteiger partial charge in [-0.3, -0.25) is 4.90 Å². The van der Waals surface area contributed by atoms with E-state index < -0.39 is 0 Å². The van der Waals surface area contributed by atoms with Crippen molar-refractivity contribution >= 4 is 23.3 Å². The zero-order valence-corrected chi connectivity index (χ0v) is 13.0. The molecule has 1 heterocycles. The van der Waals surface area contributed by atoms with Gasteiger partial charge in [0.15, 0.2) is 0 Å². The van der Waals surface area contributed by atoms with Crippen LogP contribution in [0.2, 0.25) is 5.02 Å². The molecule has 0 radical (unpaired) electrons. The van der Waals surface area contributed by atoms with Crippen LogP contribution in [0.1, 0.15) is 12.8 Å². The quantitative estimate of drug-likeness (QED) is 0.849. The Bertz CT molecular complexity index is 470. The number of para-hydroxylation sites is 1. The summed E-state index contributed by atoms with van der Waals surface area (Å²) in [6.45, 7) is 3.35. The number of methoxy groups -OCH3 is 1. The molecule has 1 atom stereocenters. The number of benzene rings is 1. The van der Waals surface area contributed by atoms with Crippen LogP contribution in [0.5, 0.6) is 0 Å². The normalized spacial score (nSPS) is 18.7. The van der Waals surface area contributed by atoms with Crippen molar-refractivity contribution in [2.24, 2.45) is 0 Å². The fourth-order valence-electron chi connectivity index (χ4n) is 2.57. The zero-order valence-electron chi connectivity index (χ0n) is 12.3. The minimum atomic E-state index is -0.221. The van der Waals surface area contributed by atoms with E-state index >= 15 is 0 Å². The van der Waals surface area contributed by atoms with Gasteiger partial charge in [0.05, 0.1) is 17.3 Å². The summed E-state index contributed by atoms with van der Waals surface area (Å²) in [5, 5.41) is 6.22. The van der Waals surface area contributed by atoms with E-state index in [1.807, 2.05) is 12.1 Å². The molecule has 2 rings (SSSR count). The molecule has 21 heavy (non-hydrogen) atoms. The van der Waals surface area contributed by atoms with Crippen LogP contribution in [0, 0.1) is 0 Å². The van der Waals surface area contributed by atoms with E-state index in [0.717, 1.165) is 26.1 Å². The number of anilines is 1. The van der Waals surface area contributed by atoms with Crippen LogP contribution in [0.25, 0.3) is 0 Å². The lowest BCUT2D eigenvalue weighted by Crippen LogP contribution is -2.42. The number of likely N-dealkylation sites (tertiary alicyclic amines) is 1. The van der Waals surface area contributed by atoms with Crippen molar-refractivity contribution in [1.29, 1.82) is 0 Å². The lowest BCUT2D eigenvalue weighted by Gasteiger charge is -2.24. The summed E-state index contributed by atoms with van der Waals surface area (Å²) in [6.07, 6.45) is 2.28. The number of ether oxygens (including phenoxy) is 1. The second kappa shape index (κ2) is 8.22. The average molecular weight is 312 g/mol. The number of hydrogen-bond acceptors (Lipinski definition) is 3. The first kappa shape index (κ1) is 16.1. The Balaban J connectivity index is 1.77. The van der Waals surface area contributed by atoms with Gasteiger partial charge in [0, 0.05) is 26.2 Å². The Morgan fingerprint density at radius 2 is 2.29 bits per heavy atom. The number of urea groups is 1. The number of halogens is 1. The van der Waals surface area contributed by atoms with Crippen molar-refractivity contribution in [3.63, 3.8) is 0 Å². The Kier molecular flexibility index (Phi) is 6.29. The molecule has 0 unspecified atom stereocenters. The monoisotopic (exact) mass is 311 g/mol. The van der Waals surface area contributed by atoms with Crippen molar-refractivity contribution in [1.82, 2.24) is 10.2 Å². The van der Waals surface area contributed by atoms with Crippen molar-refractivity contribution in [2.45, 2.75) is 18.9 Å². The van der Waals surface area contributed by atoms with E-state index in [1.165, 1.54) is 6.42 Å². The zero-order chi connectivity index (χ0) is 15.1. The van der Waals surface area contributed by atoms with Crippen molar-refractivity contribution in [2.75, 3.05) is 38.7 Å². The summed E-state index contributed by atoms with van der Waals surface area (Å²) >= 11 is 6.01. The van der Waals surface area contributed by atoms with Crippen LogP contribution in [-0.4, -0.2) is 50.3 Å². The Morgan fingerprint density at radius 3 is 3.05 bits per heavy atom. The molecular weight excluding hydrogens is 290 g/mol. The van der Waals surface area contributed by atoms with E-state index in [4.69, 9.17) is 16.3 Å². The van der Waals surface area contributed by atoms with Crippen molar-refractivity contribution in [3.8, 4) is 0 Å². The molecule has 2 N–H and O–H groups in total. The first-order valence-corrected chi connectivity index (χ1v) is 7.61. The van der Waals surface area contributed by atoms with Gasteiger partial charge in [-0.05, 0) is 31.5 Å². The number of rotatable bonds is 6. The standard InChI is InChI=1S/C15H22ClN3O2/c1-21-10-9-19-8-4-5-12(19)11-17-15(20)18-14-7-3-2-6-13(14)16/h2-3,6-7,12H,4-5,8-11H2,1H3,(H2,17,18,20)/t12-/m1/s1. The maximum absolute atomic E-state index is 11.9. The van der Waals surface area contributed by atoms with E-state index in [0.29, 0.717) is 23.3 Å². The lowest BCUT2D eigenvalue weighted by molar-refractivity contribution is 0.140. The van der Waals surface area contributed by atoms with Gasteiger partial charge in [0.2, 0.25) is 0 Å². The molecule has 1 aromatic rings. The molecule has 1 aliphatic heterocycles. The molecule has 1 saturated heterocycles. The molecule has 1 aromatic carbocycles. The summed E-state index contributed by atoms with van der Waals surface area (Å²) in [5.74, 6) is 0. The third-order valence-electron chi connectivity index (χ3n) is 3.70. The maximum atomic E-state index is 11.9. The maximum Gasteiger partial charge on any atom is 0.319 e. The number of amides is 2. The first-order valence-electron chi connectivity index (χ1n) is 7.23. The third kappa shape index (κ3) is 4.88. The minimum absolute atomic E-state index is 0.221. The van der Waals surface area contributed by atoms with Gasteiger partial charge in [-0.15, -0.1) is 0 Å². The van der Waals surface area contributed by atoms with E-state index in [-0.39, 0.29) is 6.03 Å². The summed E-state index contributed by atoms with van der Waals surface area (Å²) < 4.78 is 5.11. The van der Waals surface area contributed by atoms with Gasteiger partial charge in [-0.25, -0.2) is 4.79 Å². The Hall–Kier alpha value is -1.30. The van der Waals surface area contributed by atoms with Crippen LogP contribution in [-0.2, 0) is 4.74 Å². The van der Waals surface area contributed by atoms with Gasteiger partial charge < -0.3 is 15.4 Å². The predicted molar refractivity (Wildman–Crippen MR) is 84.9 cm³/mol. The smallest absolute Gasteiger partial charge is 0.319 e. The SMILES string of the molecule is COCCN1CCC[C@@H]1CNC(=O)Nc1ccccc1Cl. The van der Waals surface area contributed by atoms with Gasteiger partial charge in [0.1, 0.15) is 0 Å². The second-order valence-electron chi connectivity index (χ2n) is 5.14. The minimum Gasteiger partial charge on any atom is -0.383 e. The van der Waals surface area contributed by atoms with Crippen LogP contribution < -0.4 is 10.6 Å². The molecule has 6 heteroatoms. The van der Waals surface area contributed by atoms with Crippen molar-refractivity contribution < 1.29 is 9.53 Å². The molecule has 0 bridgehead atoms. The fraction of sp³-hybridized carbons (Fsp3) is 0.533. The molecule has 2 amide bonds. The number of carbonyl (C=O) groups excluding carboxylic acids is 1. The lowest BCUT2D eigenvalue weighted by atomic mass is 10.2. The highest BCUT2D eigenvalue weighted by Crippen LogP contribution is 2.20. The largest absolute Gasteiger partial charge is 0.383 e. The fourth-order valence-corrected chi connectivity index (χ4v) is 2.75. The molecule has 0 spiro atoms.